The number of carbonyl (C=O) groups is 1. The highest BCUT2D eigenvalue weighted by Crippen LogP contribution is 2.26. The molecule has 0 amide bonds. The maximum atomic E-state index is 12.4. The molecule has 0 fully saturated rings. The van der Waals surface area contributed by atoms with Crippen molar-refractivity contribution in [2.75, 3.05) is 19.5 Å². The summed E-state index contributed by atoms with van der Waals surface area (Å²) in [6, 6.07) is 6.31. The Morgan fingerprint density at radius 3 is 2.67 bits per heavy atom. The summed E-state index contributed by atoms with van der Waals surface area (Å²) in [6.07, 6.45) is 0.554. The molecule has 0 bridgehead atoms. The number of benzene rings is 1. The summed E-state index contributed by atoms with van der Waals surface area (Å²) in [5.74, 6) is -1.22. The van der Waals surface area contributed by atoms with Gasteiger partial charge in [-0.1, -0.05) is 24.3 Å². The van der Waals surface area contributed by atoms with Gasteiger partial charge in [0.05, 0.1) is 5.75 Å². The molecule has 6 nitrogen and oxygen atoms in total. The molecular formula is C14H19NO5S. The van der Waals surface area contributed by atoms with Gasteiger partial charge in [-0.25, -0.2) is 8.42 Å². The summed E-state index contributed by atoms with van der Waals surface area (Å²) in [6.45, 7) is 0.448. The van der Waals surface area contributed by atoms with Crippen LogP contribution in [-0.4, -0.2) is 49.3 Å². The van der Waals surface area contributed by atoms with Crippen molar-refractivity contribution in [1.82, 2.24) is 4.31 Å². The Morgan fingerprint density at radius 2 is 2.05 bits per heavy atom. The van der Waals surface area contributed by atoms with Crippen LogP contribution in [0.4, 0.5) is 0 Å². The van der Waals surface area contributed by atoms with E-state index in [2.05, 4.69) is 0 Å². The van der Waals surface area contributed by atoms with Crippen LogP contribution in [0.3, 0.4) is 0 Å². The quantitative estimate of drug-likeness (QED) is 0.788. The van der Waals surface area contributed by atoms with Crippen LogP contribution in [0, 0.1) is 0 Å². The summed E-state index contributed by atoms with van der Waals surface area (Å²) >= 11 is 0. The van der Waals surface area contributed by atoms with Gasteiger partial charge < -0.3 is 9.84 Å². The summed E-state index contributed by atoms with van der Waals surface area (Å²) < 4.78 is 30.7. The van der Waals surface area contributed by atoms with Crippen molar-refractivity contribution in [3.05, 3.63) is 35.4 Å². The molecular weight excluding hydrogens is 294 g/mol. The van der Waals surface area contributed by atoms with Crippen LogP contribution >= 0.6 is 0 Å². The summed E-state index contributed by atoms with van der Waals surface area (Å²) in [5, 5.41) is 9.34. The molecule has 0 unspecified atom stereocenters. The Kier molecular flexibility index (Phi) is 4.97. The van der Waals surface area contributed by atoms with Gasteiger partial charge in [-0.15, -0.1) is 0 Å². The summed E-state index contributed by atoms with van der Waals surface area (Å²) in [7, 11) is -2.12. The molecule has 0 aromatic heterocycles. The lowest BCUT2D eigenvalue weighted by Crippen LogP contribution is -2.49. The fourth-order valence-corrected chi connectivity index (χ4v) is 4.11. The van der Waals surface area contributed by atoms with E-state index in [1.54, 1.807) is 0 Å². The monoisotopic (exact) mass is 313 g/mol. The third-order valence-corrected chi connectivity index (χ3v) is 5.50. The van der Waals surface area contributed by atoms with E-state index < -0.39 is 22.0 Å². The first kappa shape index (κ1) is 15.9. The molecule has 0 spiro atoms. The molecule has 1 heterocycles. The second-order valence-corrected chi connectivity index (χ2v) is 7.08. The molecule has 1 aliphatic rings. The smallest absolute Gasteiger partial charge is 0.322 e. The molecule has 1 N–H and O–H groups in total. The minimum absolute atomic E-state index is 0.104. The van der Waals surface area contributed by atoms with E-state index in [0.717, 1.165) is 15.4 Å². The van der Waals surface area contributed by atoms with E-state index in [4.69, 9.17) is 4.74 Å². The summed E-state index contributed by atoms with van der Waals surface area (Å²) in [4.78, 5) is 11.4. The number of rotatable bonds is 6. The lowest BCUT2D eigenvalue weighted by atomic mass is 9.96. The standard InChI is InChI=1S/C14H19NO5S/c1-20-7-4-8-21(18,19)15-10-12-6-3-2-5-11(12)9-13(15)14(16)17/h2-3,5-6,13H,4,7-10H2,1H3,(H,16,17)/t13-/m0/s1. The molecule has 116 valence electrons. The van der Waals surface area contributed by atoms with Gasteiger partial charge in [0.15, 0.2) is 0 Å². The lowest BCUT2D eigenvalue weighted by Gasteiger charge is -2.33. The number of methoxy groups -OCH3 is 1. The fourth-order valence-electron chi connectivity index (χ4n) is 2.50. The van der Waals surface area contributed by atoms with Crippen LogP contribution in [0.15, 0.2) is 24.3 Å². The van der Waals surface area contributed by atoms with Gasteiger partial charge in [-0.05, 0) is 17.5 Å². The van der Waals surface area contributed by atoms with Gasteiger partial charge in [0.25, 0.3) is 0 Å². The molecule has 0 aliphatic carbocycles. The zero-order valence-electron chi connectivity index (χ0n) is 11.9. The highest BCUT2D eigenvalue weighted by atomic mass is 32.2. The number of fused-ring (bicyclic) bond motifs is 1. The molecule has 7 heteroatoms. The Morgan fingerprint density at radius 1 is 1.38 bits per heavy atom. The molecule has 1 aliphatic heterocycles. The maximum absolute atomic E-state index is 12.4. The molecule has 21 heavy (non-hydrogen) atoms. The Hall–Kier alpha value is -1.44. The van der Waals surface area contributed by atoms with E-state index in [1.807, 2.05) is 24.3 Å². The van der Waals surface area contributed by atoms with Gasteiger partial charge in [0.1, 0.15) is 6.04 Å². The third-order valence-electron chi connectivity index (χ3n) is 3.60. The molecule has 0 radical (unpaired) electrons. The van der Waals surface area contributed by atoms with Crippen LogP contribution in [0.25, 0.3) is 0 Å². The van der Waals surface area contributed by atoms with E-state index in [0.29, 0.717) is 13.0 Å². The molecule has 1 aromatic carbocycles. The minimum atomic E-state index is -3.62. The Balaban J connectivity index is 2.26. The van der Waals surface area contributed by atoms with Crippen molar-refractivity contribution in [1.29, 1.82) is 0 Å². The fraction of sp³-hybridized carbons (Fsp3) is 0.500. The number of nitrogens with zero attached hydrogens (tertiary/aromatic N) is 1. The predicted octanol–water partition coefficient (Wildman–Crippen LogP) is 0.864. The van der Waals surface area contributed by atoms with Crippen LogP contribution in [0.5, 0.6) is 0 Å². The lowest BCUT2D eigenvalue weighted by molar-refractivity contribution is -0.141. The normalized spacial score (nSPS) is 19.2. The number of sulfonamides is 1. The van der Waals surface area contributed by atoms with Crippen LogP contribution < -0.4 is 0 Å². The van der Waals surface area contributed by atoms with Crippen molar-refractivity contribution < 1.29 is 23.1 Å². The maximum Gasteiger partial charge on any atom is 0.322 e. The second kappa shape index (κ2) is 6.55. The zero-order valence-corrected chi connectivity index (χ0v) is 12.7. The molecule has 2 rings (SSSR count). The average molecular weight is 313 g/mol. The average Bonchev–Trinajstić information content (AvgIpc) is 2.46. The van der Waals surface area contributed by atoms with Crippen molar-refractivity contribution >= 4 is 16.0 Å². The third kappa shape index (κ3) is 3.61. The Labute approximate surface area is 124 Å². The molecule has 1 aromatic rings. The van der Waals surface area contributed by atoms with Gasteiger partial charge in [0, 0.05) is 26.7 Å². The molecule has 0 saturated heterocycles. The number of carboxylic acids is 1. The Bertz CT molecular complexity index is 614. The van der Waals surface area contributed by atoms with Crippen molar-refractivity contribution in [3.8, 4) is 0 Å². The predicted molar refractivity (Wildman–Crippen MR) is 77.4 cm³/mol. The van der Waals surface area contributed by atoms with E-state index in [1.165, 1.54) is 7.11 Å². The first-order valence-electron chi connectivity index (χ1n) is 6.74. The number of hydrogen-bond acceptors (Lipinski definition) is 4. The number of aliphatic carboxylic acids is 1. The largest absolute Gasteiger partial charge is 0.480 e. The van der Waals surface area contributed by atoms with Gasteiger partial charge >= 0.3 is 5.97 Å². The second-order valence-electron chi connectivity index (χ2n) is 5.03. The minimum Gasteiger partial charge on any atom is -0.480 e. The topological polar surface area (TPSA) is 83.9 Å². The van der Waals surface area contributed by atoms with E-state index in [9.17, 15) is 18.3 Å². The highest BCUT2D eigenvalue weighted by Gasteiger charge is 2.38. The van der Waals surface area contributed by atoms with Crippen molar-refractivity contribution in [3.63, 3.8) is 0 Å². The van der Waals surface area contributed by atoms with E-state index >= 15 is 0 Å². The number of carboxylic acid groups (broad SMARTS) is 1. The molecule has 0 saturated carbocycles. The summed E-state index contributed by atoms with van der Waals surface area (Å²) in [5.41, 5.74) is 1.76. The van der Waals surface area contributed by atoms with Crippen molar-refractivity contribution in [2.24, 2.45) is 0 Å². The van der Waals surface area contributed by atoms with Crippen LogP contribution in [0.2, 0.25) is 0 Å². The van der Waals surface area contributed by atoms with Crippen molar-refractivity contribution in [2.45, 2.75) is 25.4 Å². The SMILES string of the molecule is COCCCS(=O)(=O)N1Cc2ccccc2C[C@H]1C(=O)O. The zero-order chi connectivity index (χ0) is 15.5. The van der Waals surface area contributed by atoms with Gasteiger partial charge in [-0.2, -0.15) is 4.31 Å². The van der Waals surface area contributed by atoms with E-state index in [-0.39, 0.29) is 18.7 Å². The van der Waals surface area contributed by atoms with Gasteiger partial charge in [0.2, 0.25) is 10.0 Å². The van der Waals surface area contributed by atoms with Crippen LogP contribution in [-0.2, 0) is 32.5 Å². The molecule has 1 atom stereocenters. The first-order valence-corrected chi connectivity index (χ1v) is 8.34. The number of ether oxygens (including phenoxy) is 1. The highest BCUT2D eigenvalue weighted by molar-refractivity contribution is 7.89. The van der Waals surface area contributed by atoms with Crippen LogP contribution in [0.1, 0.15) is 17.5 Å². The van der Waals surface area contributed by atoms with Gasteiger partial charge in [-0.3, -0.25) is 4.79 Å². The number of hydrogen-bond donors (Lipinski definition) is 1. The first-order chi connectivity index (χ1) is 9.95.